The van der Waals surface area contributed by atoms with Gasteiger partial charge in [-0.05, 0) is 39.9 Å². The molecule has 8 heteroatoms. The third-order valence-corrected chi connectivity index (χ3v) is 6.08. The predicted molar refractivity (Wildman–Crippen MR) is 82.4 cm³/mol. The van der Waals surface area contributed by atoms with E-state index in [0.29, 0.717) is 10.2 Å². The Morgan fingerprint density at radius 1 is 1.45 bits per heavy atom. The monoisotopic (exact) mass is 383 g/mol. The minimum atomic E-state index is -3.65. The smallest absolute Gasteiger partial charge is 0.307 e. The molecule has 114 valence electrons. The number of hydrogen-bond donors (Lipinski definition) is 2. The summed E-state index contributed by atoms with van der Waals surface area (Å²) in [6, 6.07) is 3.12. The quantitative estimate of drug-likeness (QED) is 0.790. The summed E-state index contributed by atoms with van der Waals surface area (Å²) in [5, 5.41) is 9.17. The van der Waals surface area contributed by atoms with Crippen LogP contribution < -0.4 is 4.72 Å². The summed E-state index contributed by atoms with van der Waals surface area (Å²) in [7, 11) is -3.65. The molecule has 1 aromatic heterocycles. The van der Waals surface area contributed by atoms with Gasteiger partial charge in [-0.25, -0.2) is 13.1 Å². The maximum atomic E-state index is 12.0. The van der Waals surface area contributed by atoms with E-state index in [4.69, 9.17) is 5.11 Å². The Hall–Kier alpha value is -0.440. The number of carboxylic acids is 1. The summed E-state index contributed by atoms with van der Waals surface area (Å²) in [4.78, 5) is 11.2. The third kappa shape index (κ3) is 5.51. The van der Waals surface area contributed by atoms with E-state index < -0.39 is 21.9 Å². The van der Waals surface area contributed by atoms with E-state index in [1.165, 1.54) is 6.07 Å². The number of thiophene rings is 1. The zero-order chi connectivity index (χ0) is 15.6. The summed E-state index contributed by atoms with van der Waals surface area (Å²) < 4.78 is 27.3. The van der Waals surface area contributed by atoms with Crippen LogP contribution in [0.2, 0.25) is 0 Å². The molecule has 0 spiro atoms. The maximum absolute atomic E-state index is 12.0. The molecule has 0 fully saturated rings. The number of rotatable bonds is 6. The number of aliphatic carboxylic acids is 1. The van der Waals surface area contributed by atoms with Gasteiger partial charge in [0, 0.05) is 6.54 Å². The Bertz CT molecular complexity index is 575. The average molecular weight is 384 g/mol. The van der Waals surface area contributed by atoms with Crippen molar-refractivity contribution in [1.29, 1.82) is 0 Å². The van der Waals surface area contributed by atoms with Crippen molar-refractivity contribution in [3.63, 3.8) is 0 Å². The van der Waals surface area contributed by atoms with Gasteiger partial charge in [-0.2, -0.15) is 0 Å². The van der Waals surface area contributed by atoms with E-state index in [-0.39, 0.29) is 16.2 Å². The summed E-state index contributed by atoms with van der Waals surface area (Å²) in [5.41, 5.74) is -0.180. The van der Waals surface area contributed by atoms with E-state index in [0.717, 1.165) is 11.3 Å². The Morgan fingerprint density at radius 2 is 2.05 bits per heavy atom. The SMILES string of the molecule is CC(C)(C)CC(CNS(=O)(=O)c1ccc(Br)s1)C(=O)O. The van der Waals surface area contributed by atoms with Gasteiger partial charge in [0.05, 0.1) is 9.70 Å². The lowest BCUT2D eigenvalue weighted by atomic mass is 9.85. The van der Waals surface area contributed by atoms with Crippen molar-refractivity contribution >= 4 is 43.3 Å². The molecule has 0 bridgehead atoms. The van der Waals surface area contributed by atoms with Gasteiger partial charge >= 0.3 is 5.97 Å². The van der Waals surface area contributed by atoms with Crippen molar-refractivity contribution in [2.24, 2.45) is 11.3 Å². The average Bonchev–Trinajstić information content (AvgIpc) is 2.70. The first-order chi connectivity index (χ1) is 9.01. The molecule has 1 heterocycles. The molecule has 0 amide bonds. The minimum Gasteiger partial charge on any atom is -0.481 e. The van der Waals surface area contributed by atoms with Gasteiger partial charge in [0.15, 0.2) is 0 Å². The summed E-state index contributed by atoms with van der Waals surface area (Å²) in [5.74, 6) is -1.73. The lowest BCUT2D eigenvalue weighted by Crippen LogP contribution is -2.34. The van der Waals surface area contributed by atoms with Crippen LogP contribution in [-0.4, -0.2) is 26.0 Å². The van der Waals surface area contributed by atoms with Crippen LogP contribution in [0.5, 0.6) is 0 Å². The van der Waals surface area contributed by atoms with Crippen LogP contribution in [0.3, 0.4) is 0 Å². The first kappa shape index (κ1) is 17.6. The van der Waals surface area contributed by atoms with E-state index in [1.54, 1.807) is 6.07 Å². The predicted octanol–water partition coefficient (Wildman–Crippen LogP) is 2.93. The molecule has 1 aromatic rings. The van der Waals surface area contributed by atoms with Crippen molar-refractivity contribution in [3.05, 3.63) is 15.9 Å². The second-order valence-electron chi connectivity index (χ2n) is 5.71. The van der Waals surface area contributed by atoms with Crippen molar-refractivity contribution in [2.45, 2.75) is 31.4 Å². The molecule has 2 N–H and O–H groups in total. The van der Waals surface area contributed by atoms with Crippen LogP contribution in [0.1, 0.15) is 27.2 Å². The van der Waals surface area contributed by atoms with Gasteiger partial charge in [-0.3, -0.25) is 4.79 Å². The molecule has 0 aliphatic heterocycles. The van der Waals surface area contributed by atoms with Crippen LogP contribution >= 0.6 is 27.3 Å². The second-order valence-corrected chi connectivity index (χ2v) is 10.2. The van der Waals surface area contributed by atoms with Gasteiger partial charge in [-0.15, -0.1) is 11.3 Å². The van der Waals surface area contributed by atoms with Crippen molar-refractivity contribution < 1.29 is 18.3 Å². The highest BCUT2D eigenvalue weighted by atomic mass is 79.9. The zero-order valence-electron chi connectivity index (χ0n) is 11.5. The Balaban J connectivity index is 2.75. The molecule has 0 saturated carbocycles. The van der Waals surface area contributed by atoms with E-state index in [9.17, 15) is 13.2 Å². The maximum Gasteiger partial charge on any atom is 0.307 e. The van der Waals surface area contributed by atoms with Gasteiger partial charge in [0.1, 0.15) is 4.21 Å². The highest BCUT2D eigenvalue weighted by Gasteiger charge is 2.27. The normalized spacial score (nSPS) is 14.2. The molecule has 1 unspecified atom stereocenters. The van der Waals surface area contributed by atoms with Gasteiger partial charge in [0.25, 0.3) is 0 Å². The Morgan fingerprint density at radius 3 is 2.45 bits per heavy atom. The van der Waals surface area contributed by atoms with Crippen LogP contribution in [-0.2, 0) is 14.8 Å². The molecule has 0 aliphatic rings. The molecule has 0 aliphatic carbocycles. The minimum absolute atomic E-state index is 0.107. The fourth-order valence-electron chi connectivity index (χ4n) is 1.71. The van der Waals surface area contributed by atoms with Crippen LogP contribution in [0.15, 0.2) is 20.1 Å². The number of carboxylic acid groups (broad SMARTS) is 1. The van der Waals surface area contributed by atoms with Crippen molar-refractivity contribution in [1.82, 2.24) is 4.72 Å². The van der Waals surface area contributed by atoms with Crippen LogP contribution in [0, 0.1) is 11.3 Å². The fraction of sp³-hybridized carbons (Fsp3) is 0.583. The van der Waals surface area contributed by atoms with E-state index in [2.05, 4.69) is 20.7 Å². The van der Waals surface area contributed by atoms with Crippen molar-refractivity contribution in [3.8, 4) is 0 Å². The van der Waals surface area contributed by atoms with Crippen LogP contribution in [0.25, 0.3) is 0 Å². The van der Waals surface area contributed by atoms with Gasteiger partial charge in [-0.1, -0.05) is 20.8 Å². The lowest BCUT2D eigenvalue weighted by Gasteiger charge is -2.23. The zero-order valence-corrected chi connectivity index (χ0v) is 14.7. The highest BCUT2D eigenvalue weighted by molar-refractivity contribution is 9.11. The van der Waals surface area contributed by atoms with E-state index in [1.807, 2.05) is 20.8 Å². The second kappa shape index (κ2) is 6.55. The first-order valence-corrected chi connectivity index (χ1v) is 9.08. The Kier molecular flexibility index (Phi) is 5.77. The Labute approximate surface area is 131 Å². The molecular weight excluding hydrogens is 366 g/mol. The number of halogens is 1. The lowest BCUT2D eigenvalue weighted by molar-refractivity contribution is -0.142. The largest absolute Gasteiger partial charge is 0.481 e. The first-order valence-electron chi connectivity index (χ1n) is 5.99. The molecular formula is C12H18BrNO4S2. The molecule has 1 rings (SSSR count). The summed E-state index contributed by atoms with van der Waals surface area (Å²) >= 11 is 4.29. The standard InChI is InChI=1S/C12H18BrNO4S2/c1-12(2,3)6-8(11(15)16)7-14-20(17,18)10-5-4-9(13)19-10/h4-5,8,14H,6-7H2,1-3H3,(H,15,16). The number of carbonyl (C=O) groups is 1. The number of sulfonamides is 1. The third-order valence-electron chi connectivity index (χ3n) is 2.54. The number of hydrogen-bond acceptors (Lipinski definition) is 4. The fourth-order valence-corrected chi connectivity index (χ4v) is 4.85. The molecule has 1 atom stereocenters. The molecule has 0 saturated heterocycles. The van der Waals surface area contributed by atoms with Gasteiger partial charge < -0.3 is 5.11 Å². The molecule has 20 heavy (non-hydrogen) atoms. The number of nitrogens with one attached hydrogen (secondary N) is 1. The molecule has 0 aromatic carbocycles. The van der Waals surface area contributed by atoms with Crippen LogP contribution in [0.4, 0.5) is 0 Å². The molecule has 0 radical (unpaired) electrons. The topological polar surface area (TPSA) is 83.5 Å². The van der Waals surface area contributed by atoms with Gasteiger partial charge in [0.2, 0.25) is 10.0 Å². The highest BCUT2D eigenvalue weighted by Crippen LogP contribution is 2.27. The summed E-state index contributed by atoms with van der Waals surface area (Å²) in [6.07, 6.45) is 0.402. The summed E-state index contributed by atoms with van der Waals surface area (Å²) in [6.45, 7) is 5.67. The molecule has 5 nitrogen and oxygen atoms in total. The van der Waals surface area contributed by atoms with Crippen molar-refractivity contribution in [2.75, 3.05) is 6.54 Å². The van der Waals surface area contributed by atoms with E-state index >= 15 is 0 Å².